The molecule has 162 valence electrons. The van der Waals surface area contributed by atoms with Gasteiger partial charge in [0.15, 0.2) is 0 Å². The molecular formula is C24H24F2N2O3. The number of urea groups is 1. The lowest BCUT2D eigenvalue weighted by Gasteiger charge is -2.16. The summed E-state index contributed by atoms with van der Waals surface area (Å²) in [7, 11) is 0. The molecule has 0 aliphatic carbocycles. The van der Waals surface area contributed by atoms with Gasteiger partial charge in [-0.3, -0.25) is 0 Å². The van der Waals surface area contributed by atoms with Crippen LogP contribution in [0.1, 0.15) is 36.5 Å². The van der Waals surface area contributed by atoms with Gasteiger partial charge in [0, 0.05) is 17.3 Å². The van der Waals surface area contributed by atoms with E-state index in [0.717, 1.165) is 28.8 Å². The van der Waals surface area contributed by atoms with Gasteiger partial charge in [-0.15, -0.1) is 0 Å². The van der Waals surface area contributed by atoms with E-state index in [9.17, 15) is 18.7 Å². The molecule has 0 atom stereocenters. The first-order valence-electron chi connectivity index (χ1n) is 9.79. The second-order valence-corrected chi connectivity index (χ2v) is 7.62. The molecule has 3 aromatic carbocycles. The maximum atomic E-state index is 13.7. The second-order valence-electron chi connectivity index (χ2n) is 7.62. The van der Waals surface area contributed by atoms with Crippen LogP contribution in [0.4, 0.5) is 25.0 Å². The zero-order valence-corrected chi connectivity index (χ0v) is 17.7. The number of phenolic OH excluding ortho intramolecular Hbond substituents is 1. The third kappa shape index (κ3) is 5.31. The van der Waals surface area contributed by atoms with Crippen LogP contribution in [-0.2, 0) is 0 Å². The number of aryl methyl sites for hydroxylation is 2. The van der Waals surface area contributed by atoms with Crippen molar-refractivity contribution in [1.82, 2.24) is 0 Å². The zero-order chi connectivity index (χ0) is 22.7. The van der Waals surface area contributed by atoms with E-state index in [2.05, 4.69) is 10.6 Å². The number of ether oxygens (including phenoxy) is 1. The van der Waals surface area contributed by atoms with E-state index in [0.29, 0.717) is 23.3 Å². The number of anilines is 2. The molecule has 0 bridgehead atoms. The van der Waals surface area contributed by atoms with Crippen molar-refractivity contribution in [1.29, 1.82) is 0 Å². The lowest BCUT2D eigenvalue weighted by atomic mass is 10.0. The molecule has 0 aliphatic heterocycles. The Hall–Kier alpha value is -3.61. The maximum Gasteiger partial charge on any atom is 0.323 e. The molecular weight excluding hydrogens is 402 g/mol. The maximum absolute atomic E-state index is 13.7. The fourth-order valence-corrected chi connectivity index (χ4v) is 3.24. The highest BCUT2D eigenvalue weighted by Crippen LogP contribution is 2.35. The Labute approximate surface area is 179 Å². The average molecular weight is 426 g/mol. The van der Waals surface area contributed by atoms with Crippen LogP contribution in [0, 0.1) is 25.5 Å². The summed E-state index contributed by atoms with van der Waals surface area (Å²) in [6, 6.07) is 10.8. The van der Waals surface area contributed by atoms with Crippen molar-refractivity contribution in [3.8, 4) is 17.2 Å². The highest BCUT2D eigenvalue weighted by atomic mass is 19.1. The van der Waals surface area contributed by atoms with Gasteiger partial charge < -0.3 is 20.5 Å². The summed E-state index contributed by atoms with van der Waals surface area (Å²) in [6.45, 7) is 7.65. The van der Waals surface area contributed by atoms with E-state index in [1.807, 2.05) is 27.7 Å². The molecule has 3 N–H and O–H groups in total. The first-order chi connectivity index (χ1) is 14.6. The summed E-state index contributed by atoms with van der Waals surface area (Å²) in [5.74, 6) is 0.00922. The topological polar surface area (TPSA) is 70.6 Å². The van der Waals surface area contributed by atoms with Crippen LogP contribution in [0.5, 0.6) is 17.2 Å². The molecule has 0 spiro atoms. The van der Waals surface area contributed by atoms with Gasteiger partial charge in [0.05, 0.1) is 5.69 Å². The smallest absolute Gasteiger partial charge is 0.323 e. The number of carbonyl (C=O) groups is 1. The Balaban J connectivity index is 1.76. The molecule has 5 nitrogen and oxygen atoms in total. The van der Waals surface area contributed by atoms with Crippen molar-refractivity contribution in [3.05, 3.63) is 76.9 Å². The highest BCUT2D eigenvalue weighted by molar-refractivity contribution is 6.00. The normalized spacial score (nSPS) is 10.8. The van der Waals surface area contributed by atoms with E-state index in [1.54, 1.807) is 30.3 Å². The molecule has 2 amide bonds. The third-order valence-corrected chi connectivity index (χ3v) is 4.74. The van der Waals surface area contributed by atoms with Gasteiger partial charge in [-0.1, -0.05) is 13.8 Å². The molecule has 0 aliphatic rings. The number of benzene rings is 3. The summed E-state index contributed by atoms with van der Waals surface area (Å²) in [5.41, 5.74) is 2.72. The number of phenols is 1. The molecule has 7 heteroatoms. The van der Waals surface area contributed by atoms with Crippen LogP contribution < -0.4 is 15.4 Å². The number of hydrogen-bond donors (Lipinski definition) is 3. The number of nitrogens with one attached hydrogen (secondary N) is 2. The van der Waals surface area contributed by atoms with Crippen LogP contribution in [0.25, 0.3) is 0 Å². The number of aromatic hydroxyl groups is 1. The van der Waals surface area contributed by atoms with Gasteiger partial charge >= 0.3 is 6.03 Å². The second kappa shape index (κ2) is 9.04. The van der Waals surface area contributed by atoms with Gasteiger partial charge in [-0.25, -0.2) is 13.6 Å². The minimum absolute atomic E-state index is 0.124. The summed E-state index contributed by atoms with van der Waals surface area (Å²) in [5, 5.41) is 15.0. The van der Waals surface area contributed by atoms with Crippen molar-refractivity contribution >= 4 is 17.4 Å². The van der Waals surface area contributed by atoms with Crippen LogP contribution in [-0.4, -0.2) is 11.1 Å². The largest absolute Gasteiger partial charge is 0.508 e. The molecule has 3 rings (SSSR count). The summed E-state index contributed by atoms with van der Waals surface area (Å²) < 4.78 is 32.8. The number of carbonyl (C=O) groups excluding carboxylic acids is 1. The first-order valence-corrected chi connectivity index (χ1v) is 9.79. The van der Waals surface area contributed by atoms with Crippen LogP contribution in [0.15, 0.2) is 48.5 Å². The average Bonchev–Trinajstić information content (AvgIpc) is 2.68. The molecule has 0 unspecified atom stereocenters. The summed E-state index contributed by atoms with van der Waals surface area (Å²) >= 11 is 0. The highest BCUT2D eigenvalue weighted by Gasteiger charge is 2.13. The molecule has 0 aromatic heterocycles. The van der Waals surface area contributed by atoms with Gasteiger partial charge in [0.25, 0.3) is 0 Å². The zero-order valence-electron chi connectivity index (χ0n) is 17.7. The van der Waals surface area contributed by atoms with E-state index >= 15 is 0 Å². The molecule has 0 saturated carbocycles. The van der Waals surface area contributed by atoms with Crippen molar-refractivity contribution in [2.45, 2.75) is 33.6 Å². The Kier molecular flexibility index (Phi) is 6.44. The van der Waals surface area contributed by atoms with E-state index in [-0.39, 0.29) is 17.4 Å². The predicted molar refractivity (Wildman–Crippen MR) is 117 cm³/mol. The minimum atomic E-state index is -0.860. The molecule has 0 heterocycles. The van der Waals surface area contributed by atoms with Gasteiger partial charge in [0.1, 0.15) is 28.9 Å². The Morgan fingerprint density at radius 2 is 1.65 bits per heavy atom. The Morgan fingerprint density at radius 1 is 0.968 bits per heavy atom. The van der Waals surface area contributed by atoms with Crippen LogP contribution >= 0.6 is 0 Å². The summed E-state index contributed by atoms with van der Waals surface area (Å²) in [6.07, 6.45) is 0. The fourth-order valence-electron chi connectivity index (χ4n) is 3.24. The first kappa shape index (κ1) is 22.1. The summed E-state index contributed by atoms with van der Waals surface area (Å²) in [4.78, 5) is 12.2. The SMILES string of the molecule is Cc1cc(NC(=O)Nc2ccc(F)cc2F)cc(C)c1Oc1ccc(O)c(C(C)C)c1. The molecule has 3 aromatic rings. The van der Waals surface area contributed by atoms with Crippen molar-refractivity contribution in [3.63, 3.8) is 0 Å². The fraction of sp³-hybridized carbons (Fsp3) is 0.208. The van der Waals surface area contributed by atoms with Crippen LogP contribution in [0.2, 0.25) is 0 Å². The number of hydrogen-bond acceptors (Lipinski definition) is 3. The predicted octanol–water partition coefficient (Wildman–Crippen LogP) is 6.85. The van der Waals surface area contributed by atoms with E-state index in [1.165, 1.54) is 0 Å². The van der Waals surface area contributed by atoms with E-state index in [4.69, 9.17) is 4.74 Å². The Bertz CT molecular complexity index is 1110. The number of halogens is 2. The molecule has 0 fully saturated rings. The number of rotatable bonds is 5. The van der Waals surface area contributed by atoms with Crippen molar-refractivity contribution in [2.24, 2.45) is 0 Å². The van der Waals surface area contributed by atoms with Gasteiger partial charge in [-0.05, 0) is 73.4 Å². The molecule has 31 heavy (non-hydrogen) atoms. The third-order valence-electron chi connectivity index (χ3n) is 4.74. The number of amides is 2. The van der Waals surface area contributed by atoms with Gasteiger partial charge in [0.2, 0.25) is 0 Å². The quantitative estimate of drug-likeness (QED) is 0.418. The van der Waals surface area contributed by atoms with E-state index < -0.39 is 17.7 Å². The molecule has 0 radical (unpaired) electrons. The lowest BCUT2D eigenvalue weighted by molar-refractivity contribution is 0.262. The van der Waals surface area contributed by atoms with Gasteiger partial charge in [-0.2, -0.15) is 0 Å². The monoisotopic (exact) mass is 426 g/mol. The molecule has 0 saturated heterocycles. The lowest BCUT2D eigenvalue weighted by Crippen LogP contribution is -2.20. The minimum Gasteiger partial charge on any atom is -0.508 e. The van der Waals surface area contributed by atoms with Crippen LogP contribution in [0.3, 0.4) is 0 Å². The van der Waals surface area contributed by atoms with Crippen molar-refractivity contribution < 1.29 is 23.4 Å². The standard InChI is InChI=1S/C24H24F2N2O3/c1-13(2)19-12-18(6-8-22(19)29)31-23-14(3)9-17(10-15(23)4)27-24(30)28-21-7-5-16(25)11-20(21)26/h5-13,29H,1-4H3,(H2,27,28,30). The van der Waals surface area contributed by atoms with Crippen molar-refractivity contribution in [2.75, 3.05) is 10.6 Å². The Morgan fingerprint density at radius 3 is 2.26 bits per heavy atom.